The van der Waals surface area contributed by atoms with Crippen molar-refractivity contribution in [3.63, 3.8) is 0 Å². The van der Waals surface area contributed by atoms with Crippen LogP contribution in [-0.2, 0) is 9.57 Å². The number of hydroxylamine groups is 1. The summed E-state index contributed by atoms with van der Waals surface area (Å²) in [6.07, 6.45) is 6.18. The minimum Gasteiger partial charge on any atom is -0.341 e. The maximum atomic E-state index is 12.6. The summed E-state index contributed by atoms with van der Waals surface area (Å²) in [5.41, 5.74) is 2.79. The van der Waals surface area contributed by atoms with E-state index in [9.17, 15) is 9.18 Å². The van der Waals surface area contributed by atoms with E-state index >= 15 is 0 Å². The number of hydrogen-bond acceptors (Lipinski definition) is 3. The van der Waals surface area contributed by atoms with Gasteiger partial charge in [-0.15, -0.1) is 4.39 Å². The molecule has 1 aliphatic carbocycles. The summed E-state index contributed by atoms with van der Waals surface area (Å²) in [4.78, 5) is 17.5. The highest BCUT2D eigenvalue weighted by molar-refractivity contribution is 5.93. The Hall–Kier alpha value is -1.90. The Kier molecular flexibility index (Phi) is 5.93. The lowest BCUT2D eigenvalue weighted by Gasteiger charge is -2.36. The normalized spacial score (nSPS) is 17.9. The van der Waals surface area contributed by atoms with Crippen molar-refractivity contribution in [3.8, 4) is 12.1 Å². The molecule has 22 heavy (non-hydrogen) atoms. The number of halogens is 1. The Morgan fingerprint density at radius 1 is 1.27 bits per heavy atom. The van der Waals surface area contributed by atoms with Gasteiger partial charge in [0.25, 0.3) is 11.7 Å². The highest BCUT2D eigenvalue weighted by Crippen LogP contribution is 2.35. The van der Waals surface area contributed by atoms with E-state index in [0.717, 1.165) is 32.1 Å². The van der Waals surface area contributed by atoms with Crippen molar-refractivity contribution in [3.05, 3.63) is 35.9 Å². The number of methoxy groups -OCH3 is 1. The zero-order chi connectivity index (χ0) is 15.8. The molecule has 0 bridgehead atoms. The molecule has 1 N–H and O–H groups in total. The summed E-state index contributed by atoms with van der Waals surface area (Å²) in [5.74, 6) is 0.405. The van der Waals surface area contributed by atoms with E-state index in [1.807, 2.05) is 6.07 Å². The number of carbonyl (C=O) groups excluding carboxylic acids is 1. The molecule has 118 valence electrons. The summed E-state index contributed by atoms with van der Waals surface area (Å²) in [5, 5.41) is 0. The largest absolute Gasteiger partial charge is 0.341 e. The topological polar surface area (TPSA) is 47.6 Å². The van der Waals surface area contributed by atoms with Gasteiger partial charge in [0, 0.05) is 24.5 Å². The van der Waals surface area contributed by atoms with Gasteiger partial charge in [-0.25, -0.2) is 10.3 Å². The number of ether oxygens (including phenoxy) is 1. The number of amides is 1. The zero-order valence-electron chi connectivity index (χ0n) is 12.6. The van der Waals surface area contributed by atoms with Gasteiger partial charge in [0.2, 0.25) is 0 Å². The van der Waals surface area contributed by atoms with Crippen LogP contribution in [0.5, 0.6) is 0 Å². The fraction of sp³-hybridized carbons (Fsp3) is 0.471. The van der Waals surface area contributed by atoms with Crippen molar-refractivity contribution in [2.24, 2.45) is 5.92 Å². The first kappa shape index (κ1) is 16.5. The Morgan fingerprint density at radius 2 is 1.95 bits per heavy atom. The second-order valence-corrected chi connectivity index (χ2v) is 5.33. The molecule has 1 amide bonds. The summed E-state index contributed by atoms with van der Waals surface area (Å²) >= 11 is 0. The molecule has 1 aromatic rings. The van der Waals surface area contributed by atoms with Crippen molar-refractivity contribution in [2.75, 3.05) is 7.11 Å². The first-order valence-electron chi connectivity index (χ1n) is 7.43. The third kappa shape index (κ3) is 3.85. The molecular formula is C17H20FNO3. The average Bonchev–Trinajstić information content (AvgIpc) is 2.60. The Balaban J connectivity index is 2.09. The van der Waals surface area contributed by atoms with Crippen LogP contribution in [-0.4, -0.2) is 18.8 Å². The van der Waals surface area contributed by atoms with Crippen LogP contribution in [0.2, 0.25) is 0 Å². The van der Waals surface area contributed by atoms with E-state index in [0.29, 0.717) is 5.56 Å². The molecule has 1 fully saturated rings. The average molecular weight is 305 g/mol. The maximum Gasteiger partial charge on any atom is 0.274 e. The molecule has 1 aliphatic rings. The van der Waals surface area contributed by atoms with Gasteiger partial charge in [-0.1, -0.05) is 37.5 Å². The molecule has 1 aromatic carbocycles. The summed E-state index contributed by atoms with van der Waals surface area (Å²) in [6, 6.07) is 8.64. The fourth-order valence-corrected chi connectivity index (χ4v) is 2.79. The quantitative estimate of drug-likeness (QED) is 0.516. The number of rotatable bonds is 5. The summed E-state index contributed by atoms with van der Waals surface area (Å²) < 4.78 is 18.0. The monoisotopic (exact) mass is 305 g/mol. The van der Waals surface area contributed by atoms with E-state index < -0.39 is 11.7 Å². The zero-order valence-corrected chi connectivity index (χ0v) is 12.6. The fourth-order valence-electron chi connectivity index (χ4n) is 2.79. The molecule has 1 unspecified atom stereocenters. The van der Waals surface area contributed by atoms with Crippen LogP contribution in [0.25, 0.3) is 0 Å². The van der Waals surface area contributed by atoms with Crippen LogP contribution >= 0.6 is 0 Å². The minimum atomic E-state index is -1.44. The standard InChI is InChI=1S/C17H20FNO3/c1-21-17(12-13-18,15-10-6-3-7-11-15)22-19-16(20)14-8-4-2-5-9-14/h2,4-5,8-9,15H,3,6-7,10-11H2,1H3,(H,19,20). The molecule has 0 saturated heterocycles. The van der Waals surface area contributed by atoms with Crippen LogP contribution in [0.15, 0.2) is 30.3 Å². The van der Waals surface area contributed by atoms with Gasteiger partial charge in [-0.2, -0.15) is 0 Å². The van der Waals surface area contributed by atoms with Gasteiger partial charge in [0.1, 0.15) is 6.17 Å². The van der Waals surface area contributed by atoms with E-state index in [2.05, 4.69) is 11.4 Å². The second-order valence-electron chi connectivity index (χ2n) is 5.33. The van der Waals surface area contributed by atoms with Crippen LogP contribution < -0.4 is 5.48 Å². The first-order valence-corrected chi connectivity index (χ1v) is 7.43. The van der Waals surface area contributed by atoms with Crippen molar-refractivity contribution in [2.45, 2.75) is 37.9 Å². The SMILES string of the molecule is COC(C#CF)(ONC(=O)c1ccccc1)C1CCCCC1. The van der Waals surface area contributed by atoms with E-state index in [4.69, 9.17) is 9.57 Å². The smallest absolute Gasteiger partial charge is 0.274 e. The van der Waals surface area contributed by atoms with Gasteiger partial charge in [-0.05, 0) is 25.0 Å². The number of carbonyl (C=O) groups is 1. The maximum absolute atomic E-state index is 12.6. The third-order valence-electron chi connectivity index (χ3n) is 4.00. The third-order valence-corrected chi connectivity index (χ3v) is 4.00. The minimum absolute atomic E-state index is 0.0782. The van der Waals surface area contributed by atoms with E-state index in [1.165, 1.54) is 13.3 Å². The molecule has 0 aliphatic heterocycles. The molecular weight excluding hydrogens is 285 g/mol. The highest BCUT2D eigenvalue weighted by atomic mass is 19.1. The molecule has 1 saturated carbocycles. The van der Waals surface area contributed by atoms with Crippen LogP contribution in [0.4, 0.5) is 4.39 Å². The number of hydrogen-bond donors (Lipinski definition) is 1. The van der Waals surface area contributed by atoms with Gasteiger partial charge < -0.3 is 4.74 Å². The highest BCUT2D eigenvalue weighted by Gasteiger charge is 2.41. The molecule has 0 radical (unpaired) electrons. The number of benzene rings is 1. The van der Waals surface area contributed by atoms with Crippen molar-refractivity contribution in [1.82, 2.24) is 5.48 Å². The molecule has 2 rings (SSSR count). The van der Waals surface area contributed by atoms with Gasteiger partial charge in [-0.3, -0.25) is 4.79 Å². The van der Waals surface area contributed by atoms with Crippen LogP contribution in [0.3, 0.4) is 0 Å². The lowest BCUT2D eigenvalue weighted by atomic mass is 9.83. The molecule has 4 nitrogen and oxygen atoms in total. The Morgan fingerprint density at radius 3 is 2.55 bits per heavy atom. The molecule has 5 heteroatoms. The lowest BCUT2D eigenvalue weighted by molar-refractivity contribution is -0.241. The predicted octanol–water partition coefficient (Wildman–Crippen LogP) is 3.20. The lowest BCUT2D eigenvalue weighted by Crippen LogP contribution is -2.47. The van der Waals surface area contributed by atoms with Crippen LogP contribution in [0.1, 0.15) is 42.5 Å². The Bertz CT molecular complexity index is 546. The van der Waals surface area contributed by atoms with Gasteiger partial charge in [0.15, 0.2) is 0 Å². The second kappa shape index (κ2) is 7.92. The molecule has 0 aromatic heterocycles. The van der Waals surface area contributed by atoms with Crippen LogP contribution in [0, 0.1) is 18.0 Å². The summed E-state index contributed by atoms with van der Waals surface area (Å²) in [7, 11) is 1.41. The summed E-state index contributed by atoms with van der Waals surface area (Å²) in [6.45, 7) is 0. The number of nitrogens with one attached hydrogen (secondary N) is 1. The van der Waals surface area contributed by atoms with Crippen molar-refractivity contribution < 1.29 is 18.8 Å². The predicted molar refractivity (Wildman–Crippen MR) is 80.2 cm³/mol. The Labute approximate surface area is 129 Å². The van der Waals surface area contributed by atoms with Gasteiger partial charge in [0.05, 0.1) is 0 Å². The van der Waals surface area contributed by atoms with Crippen molar-refractivity contribution >= 4 is 5.91 Å². The van der Waals surface area contributed by atoms with E-state index in [1.54, 1.807) is 24.3 Å². The molecule has 1 atom stereocenters. The van der Waals surface area contributed by atoms with E-state index in [-0.39, 0.29) is 5.92 Å². The van der Waals surface area contributed by atoms with Crippen molar-refractivity contribution in [1.29, 1.82) is 0 Å². The molecule has 0 spiro atoms. The van der Waals surface area contributed by atoms with Gasteiger partial charge >= 0.3 is 0 Å². The first-order chi connectivity index (χ1) is 10.7. The molecule has 0 heterocycles.